The number of aromatic nitrogens is 2. The first kappa shape index (κ1) is 26.8. The van der Waals surface area contributed by atoms with E-state index < -0.39 is 0 Å². The van der Waals surface area contributed by atoms with Crippen LogP contribution in [0.4, 0.5) is 4.39 Å². The second kappa shape index (κ2) is 15.3. The van der Waals surface area contributed by atoms with Gasteiger partial charge in [-0.2, -0.15) is 4.39 Å². The Hall–Kier alpha value is -1.77. The van der Waals surface area contributed by atoms with Crippen LogP contribution in [0.5, 0.6) is 0 Å². The maximum absolute atomic E-state index is 14.8. The second-order valence-electron chi connectivity index (χ2n) is 10.6. The van der Waals surface area contributed by atoms with E-state index >= 15 is 0 Å². The lowest BCUT2D eigenvalue weighted by Gasteiger charge is -2.28. The molecule has 0 atom stereocenters. The van der Waals surface area contributed by atoms with Crippen LogP contribution in [0, 0.1) is 17.8 Å². The van der Waals surface area contributed by atoms with Crippen LogP contribution in [0.25, 0.3) is 11.1 Å². The molecule has 3 rings (SSSR count). The van der Waals surface area contributed by atoms with E-state index in [9.17, 15) is 4.39 Å². The maximum Gasteiger partial charge on any atom is 0.224 e. The van der Waals surface area contributed by atoms with Gasteiger partial charge in [0.15, 0.2) is 0 Å². The van der Waals surface area contributed by atoms with Crippen LogP contribution >= 0.6 is 0 Å². The normalized spacial score (nSPS) is 18.3. The summed E-state index contributed by atoms with van der Waals surface area (Å²) in [5.74, 6) is 1.96. The van der Waals surface area contributed by atoms with E-state index in [-0.39, 0.29) is 5.95 Å². The fourth-order valence-electron chi connectivity index (χ4n) is 5.57. The Kier molecular flexibility index (Phi) is 12.1. The van der Waals surface area contributed by atoms with E-state index in [4.69, 9.17) is 0 Å². The first-order valence-corrected chi connectivity index (χ1v) is 14.3. The average molecular weight is 467 g/mol. The summed E-state index contributed by atoms with van der Waals surface area (Å²) in [7, 11) is 0. The molecule has 1 heterocycles. The van der Waals surface area contributed by atoms with Crippen LogP contribution in [0.1, 0.15) is 122 Å². The summed E-state index contributed by atoms with van der Waals surface area (Å²) in [4.78, 5) is 8.73. The van der Waals surface area contributed by atoms with Crippen molar-refractivity contribution in [2.24, 2.45) is 11.8 Å². The summed E-state index contributed by atoms with van der Waals surface area (Å²) >= 11 is 0. The van der Waals surface area contributed by atoms with Gasteiger partial charge in [-0.05, 0) is 42.2 Å². The third-order valence-electron chi connectivity index (χ3n) is 7.82. The lowest BCUT2D eigenvalue weighted by atomic mass is 9.78. The van der Waals surface area contributed by atoms with Gasteiger partial charge in [0.1, 0.15) is 5.82 Å². The Morgan fingerprint density at radius 2 is 1.35 bits per heavy atom. The molecule has 34 heavy (non-hydrogen) atoms. The lowest BCUT2D eigenvalue weighted by molar-refractivity contribution is 0.251. The van der Waals surface area contributed by atoms with Gasteiger partial charge in [-0.15, -0.1) is 0 Å². The van der Waals surface area contributed by atoms with Crippen molar-refractivity contribution in [2.75, 3.05) is 0 Å². The molecule has 1 saturated carbocycles. The summed E-state index contributed by atoms with van der Waals surface area (Å²) in [6.07, 6.45) is 23.4. The summed E-state index contributed by atoms with van der Waals surface area (Å²) in [5, 5.41) is 0. The Morgan fingerprint density at radius 1 is 0.735 bits per heavy atom. The Labute approximate surface area is 208 Å². The molecule has 0 unspecified atom stereocenters. The molecule has 1 aliphatic rings. The quantitative estimate of drug-likeness (QED) is 0.193. The molecular formula is C31H47FN2. The summed E-state index contributed by atoms with van der Waals surface area (Å²) in [5.41, 5.74) is 2.72. The Morgan fingerprint density at radius 3 is 1.97 bits per heavy atom. The molecule has 1 aromatic heterocycles. The van der Waals surface area contributed by atoms with Crippen molar-refractivity contribution >= 4 is 0 Å². The van der Waals surface area contributed by atoms with Gasteiger partial charge in [0.25, 0.3) is 0 Å². The molecule has 1 fully saturated rings. The van der Waals surface area contributed by atoms with E-state index in [1.807, 2.05) is 12.1 Å². The van der Waals surface area contributed by atoms with E-state index in [1.54, 1.807) is 6.20 Å². The summed E-state index contributed by atoms with van der Waals surface area (Å²) < 4.78 is 14.8. The topological polar surface area (TPSA) is 25.8 Å². The highest BCUT2D eigenvalue weighted by Gasteiger charge is 2.21. The largest absolute Gasteiger partial charge is 0.241 e. The van der Waals surface area contributed by atoms with Crippen molar-refractivity contribution in [1.29, 1.82) is 0 Å². The highest BCUT2D eigenvalue weighted by atomic mass is 19.1. The highest BCUT2D eigenvalue weighted by molar-refractivity contribution is 5.62. The molecule has 0 amide bonds. The minimum Gasteiger partial charge on any atom is -0.241 e. The molecule has 188 valence electrons. The zero-order valence-electron chi connectivity index (χ0n) is 21.8. The van der Waals surface area contributed by atoms with Gasteiger partial charge >= 0.3 is 0 Å². The molecule has 0 bridgehead atoms. The smallest absolute Gasteiger partial charge is 0.224 e. The molecule has 0 saturated heterocycles. The molecule has 3 heteroatoms. The number of aryl methyl sites for hydroxylation is 2. The Balaban J connectivity index is 1.40. The number of hydrogen-bond acceptors (Lipinski definition) is 2. The SMILES string of the molecule is CCCCCCCCCCc1ccc(-c2cnc(CCC3CCC(CCC)CC3)nc2F)cc1. The fraction of sp³-hybridized carbons (Fsp3) is 0.677. The Bertz CT molecular complexity index is 809. The molecule has 2 aromatic rings. The van der Waals surface area contributed by atoms with Crippen LogP contribution in [-0.4, -0.2) is 9.97 Å². The fourth-order valence-corrected chi connectivity index (χ4v) is 5.57. The minimum absolute atomic E-state index is 0.382. The average Bonchev–Trinajstić information content (AvgIpc) is 2.86. The van der Waals surface area contributed by atoms with E-state index in [0.717, 1.165) is 36.7 Å². The molecular weight excluding hydrogens is 419 g/mol. The van der Waals surface area contributed by atoms with Crippen molar-refractivity contribution in [1.82, 2.24) is 9.97 Å². The van der Waals surface area contributed by atoms with Crippen molar-refractivity contribution < 1.29 is 4.39 Å². The zero-order valence-corrected chi connectivity index (χ0v) is 21.8. The minimum atomic E-state index is -0.382. The van der Waals surface area contributed by atoms with E-state index in [1.165, 1.54) is 95.5 Å². The number of nitrogens with zero attached hydrogens (tertiary/aromatic N) is 2. The number of halogens is 1. The van der Waals surface area contributed by atoms with Gasteiger partial charge in [0.2, 0.25) is 5.95 Å². The van der Waals surface area contributed by atoms with Crippen LogP contribution in [0.3, 0.4) is 0 Å². The van der Waals surface area contributed by atoms with Crippen LogP contribution in [-0.2, 0) is 12.8 Å². The first-order valence-electron chi connectivity index (χ1n) is 14.3. The summed E-state index contributed by atoms with van der Waals surface area (Å²) in [6, 6.07) is 8.32. The molecule has 1 aromatic carbocycles. The van der Waals surface area contributed by atoms with E-state index in [0.29, 0.717) is 11.4 Å². The predicted octanol–water partition coefficient (Wildman–Crippen LogP) is 9.50. The predicted molar refractivity (Wildman–Crippen MR) is 142 cm³/mol. The van der Waals surface area contributed by atoms with Crippen LogP contribution < -0.4 is 0 Å². The molecule has 0 N–H and O–H groups in total. The second-order valence-corrected chi connectivity index (χ2v) is 10.6. The molecule has 0 radical (unpaired) electrons. The van der Waals surface area contributed by atoms with Crippen LogP contribution in [0.2, 0.25) is 0 Å². The van der Waals surface area contributed by atoms with E-state index in [2.05, 4.69) is 35.9 Å². The van der Waals surface area contributed by atoms with Crippen molar-refractivity contribution in [3.8, 4) is 11.1 Å². The van der Waals surface area contributed by atoms with Gasteiger partial charge in [0.05, 0.1) is 5.56 Å². The molecule has 0 spiro atoms. The number of rotatable bonds is 15. The third kappa shape index (κ3) is 9.12. The van der Waals surface area contributed by atoms with Gasteiger partial charge in [-0.1, -0.05) is 122 Å². The zero-order chi connectivity index (χ0) is 24.0. The highest BCUT2D eigenvalue weighted by Crippen LogP contribution is 2.33. The van der Waals surface area contributed by atoms with Gasteiger partial charge in [-0.25, -0.2) is 9.97 Å². The van der Waals surface area contributed by atoms with Crippen LogP contribution in [0.15, 0.2) is 30.5 Å². The van der Waals surface area contributed by atoms with Crippen molar-refractivity contribution in [2.45, 2.75) is 123 Å². The maximum atomic E-state index is 14.8. The number of benzene rings is 1. The van der Waals surface area contributed by atoms with Crippen molar-refractivity contribution in [3.63, 3.8) is 0 Å². The third-order valence-corrected chi connectivity index (χ3v) is 7.82. The molecule has 0 aliphatic heterocycles. The molecule has 1 aliphatic carbocycles. The number of unbranched alkanes of at least 4 members (excludes halogenated alkanes) is 7. The van der Waals surface area contributed by atoms with Gasteiger partial charge in [0, 0.05) is 12.6 Å². The summed E-state index contributed by atoms with van der Waals surface area (Å²) in [6.45, 7) is 4.55. The lowest BCUT2D eigenvalue weighted by Crippen LogP contribution is -2.15. The van der Waals surface area contributed by atoms with Crippen molar-refractivity contribution in [3.05, 3.63) is 47.8 Å². The van der Waals surface area contributed by atoms with Gasteiger partial charge < -0.3 is 0 Å². The standard InChI is InChI=1S/C31H47FN2/c1-3-5-6-7-8-9-10-11-13-26-18-21-28(22-19-26)29-24-33-30(34-31(29)32)23-20-27-16-14-25(12-4-2)15-17-27/h18-19,21-22,24-25,27H,3-17,20,23H2,1-2H3. The van der Waals surface area contributed by atoms with Gasteiger partial charge in [-0.3, -0.25) is 0 Å². The molecule has 2 nitrogen and oxygen atoms in total. The first-order chi connectivity index (χ1) is 16.7. The number of hydrogen-bond donors (Lipinski definition) is 0. The monoisotopic (exact) mass is 466 g/mol.